The van der Waals surface area contributed by atoms with Crippen LogP contribution in [0.5, 0.6) is 5.75 Å². The summed E-state index contributed by atoms with van der Waals surface area (Å²) in [5.74, 6) is 0.621. The van der Waals surface area contributed by atoms with Gasteiger partial charge in [-0.25, -0.2) is 0 Å². The summed E-state index contributed by atoms with van der Waals surface area (Å²) in [5, 5.41) is 18.1. The molecule has 0 radical (unpaired) electrons. The van der Waals surface area contributed by atoms with Crippen molar-refractivity contribution in [1.29, 1.82) is 0 Å². The fraction of sp³-hybridized carbons (Fsp3) is 0.400. The molecule has 0 heterocycles. The van der Waals surface area contributed by atoms with Gasteiger partial charge in [0.25, 0.3) is 0 Å². The lowest BCUT2D eigenvalue weighted by molar-refractivity contribution is 0.184. The Labute approximate surface area is 89.6 Å². The first-order valence-corrected chi connectivity index (χ1v) is 4.79. The van der Waals surface area contributed by atoms with Crippen molar-refractivity contribution in [2.24, 2.45) is 0 Å². The third kappa shape index (κ3) is 3.55. The molecule has 2 N–H and O–H groups in total. The van der Waals surface area contributed by atoms with E-state index in [1.54, 1.807) is 19.2 Å². The molecule has 0 saturated carbocycles. The van der Waals surface area contributed by atoms with Gasteiger partial charge < -0.3 is 19.5 Å². The lowest BCUT2D eigenvalue weighted by Gasteiger charge is -2.09. The molecule has 0 aliphatic carbocycles. The van der Waals surface area contributed by atoms with Crippen molar-refractivity contribution in [3.8, 4) is 5.75 Å². The smallest absolute Gasteiger partial charge is 0.488 e. The van der Waals surface area contributed by atoms with Crippen molar-refractivity contribution < 1.29 is 19.5 Å². The van der Waals surface area contributed by atoms with Gasteiger partial charge in [-0.15, -0.1) is 0 Å². The van der Waals surface area contributed by atoms with Gasteiger partial charge in [0.1, 0.15) is 5.75 Å². The summed E-state index contributed by atoms with van der Waals surface area (Å²) < 4.78 is 10.3. The molecule has 0 unspecified atom stereocenters. The van der Waals surface area contributed by atoms with Crippen molar-refractivity contribution in [2.45, 2.75) is 13.5 Å². The summed E-state index contributed by atoms with van der Waals surface area (Å²) in [4.78, 5) is 0. The van der Waals surface area contributed by atoms with Crippen LogP contribution in [-0.2, 0) is 11.3 Å². The van der Waals surface area contributed by atoms with Crippen LogP contribution in [0.1, 0.15) is 12.5 Å². The minimum absolute atomic E-state index is 0.410. The van der Waals surface area contributed by atoms with Gasteiger partial charge in [-0.3, -0.25) is 0 Å². The number of methoxy groups -OCH3 is 1. The number of hydrogen-bond donors (Lipinski definition) is 2. The van der Waals surface area contributed by atoms with Gasteiger partial charge in [-0.05, 0) is 30.1 Å². The van der Waals surface area contributed by atoms with E-state index in [2.05, 4.69) is 0 Å². The highest BCUT2D eigenvalue weighted by atomic mass is 16.5. The highest BCUT2D eigenvalue weighted by Crippen LogP contribution is 2.12. The summed E-state index contributed by atoms with van der Waals surface area (Å²) in [6, 6.07) is 5.10. The van der Waals surface area contributed by atoms with Crippen LogP contribution < -0.4 is 10.2 Å². The first kappa shape index (κ1) is 12.0. The Hall–Kier alpha value is -1.04. The predicted molar refractivity (Wildman–Crippen MR) is 58.1 cm³/mol. The van der Waals surface area contributed by atoms with Crippen molar-refractivity contribution in [2.75, 3.05) is 13.7 Å². The van der Waals surface area contributed by atoms with Gasteiger partial charge in [0.2, 0.25) is 0 Å². The molecule has 0 saturated heterocycles. The van der Waals surface area contributed by atoms with Gasteiger partial charge in [0.15, 0.2) is 0 Å². The van der Waals surface area contributed by atoms with E-state index < -0.39 is 7.12 Å². The van der Waals surface area contributed by atoms with Gasteiger partial charge in [0, 0.05) is 7.11 Å². The molecule has 0 fully saturated rings. The van der Waals surface area contributed by atoms with E-state index in [1.165, 1.54) is 0 Å². The zero-order valence-electron chi connectivity index (χ0n) is 8.93. The Morgan fingerprint density at radius 3 is 2.53 bits per heavy atom. The van der Waals surface area contributed by atoms with Crippen LogP contribution in [-0.4, -0.2) is 30.9 Å². The van der Waals surface area contributed by atoms with Crippen molar-refractivity contribution in [3.05, 3.63) is 23.8 Å². The van der Waals surface area contributed by atoms with Gasteiger partial charge in [0.05, 0.1) is 13.2 Å². The minimum atomic E-state index is -1.49. The van der Waals surface area contributed by atoms with Crippen LogP contribution in [0.3, 0.4) is 0 Å². The van der Waals surface area contributed by atoms with E-state index >= 15 is 0 Å². The van der Waals surface area contributed by atoms with E-state index in [-0.39, 0.29) is 0 Å². The van der Waals surface area contributed by atoms with E-state index in [9.17, 15) is 0 Å². The third-order valence-electron chi connectivity index (χ3n) is 1.91. The van der Waals surface area contributed by atoms with Crippen LogP contribution in [0.4, 0.5) is 0 Å². The van der Waals surface area contributed by atoms with Crippen LogP contribution in [0.15, 0.2) is 18.2 Å². The topological polar surface area (TPSA) is 58.9 Å². The first-order valence-electron chi connectivity index (χ1n) is 4.79. The Morgan fingerprint density at radius 1 is 1.27 bits per heavy atom. The maximum atomic E-state index is 9.07. The summed E-state index contributed by atoms with van der Waals surface area (Å²) in [6.45, 7) is 2.83. The quantitative estimate of drug-likeness (QED) is 0.667. The second-order valence-electron chi connectivity index (χ2n) is 3.15. The van der Waals surface area contributed by atoms with Crippen LogP contribution in [0.25, 0.3) is 0 Å². The van der Waals surface area contributed by atoms with Crippen molar-refractivity contribution in [1.82, 2.24) is 0 Å². The predicted octanol–water partition coefficient (Wildman–Crippen LogP) is -0.0885. The van der Waals surface area contributed by atoms with Crippen LogP contribution >= 0.6 is 0 Å². The number of benzene rings is 1. The average molecular weight is 210 g/mol. The highest BCUT2D eigenvalue weighted by molar-refractivity contribution is 6.58. The molecular weight excluding hydrogens is 195 g/mol. The SMILES string of the molecule is CCOc1cc(COC)cc(B(O)O)c1. The molecule has 1 rings (SSSR count). The second kappa shape index (κ2) is 5.75. The molecule has 0 bridgehead atoms. The molecule has 4 nitrogen and oxygen atoms in total. The maximum absolute atomic E-state index is 9.07. The van der Waals surface area contributed by atoms with Crippen molar-refractivity contribution in [3.63, 3.8) is 0 Å². The Bertz CT molecular complexity index is 290. The molecule has 5 heteroatoms. The van der Waals surface area contributed by atoms with Gasteiger partial charge in [-0.2, -0.15) is 0 Å². The first-order chi connectivity index (χ1) is 7.17. The van der Waals surface area contributed by atoms with Crippen molar-refractivity contribution >= 4 is 12.6 Å². The number of ether oxygens (including phenoxy) is 2. The van der Waals surface area contributed by atoms with Crippen LogP contribution in [0.2, 0.25) is 0 Å². The summed E-state index contributed by atoms with van der Waals surface area (Å²) >= 11 is 0. The minimum Gasteiger partial charge on any atom is -0.494 e. The monoisotopic (exact) mass is 210 g/mol. The lowest BCUT2D eigenvalue weighted by Crippen LogP contribution is -2.30. The molecule has 0 aromatic heterocycles. The fourth-order valence-electron chi connectivity index (χ4n) is 1.34. The third-order valence-corrected chi connectivity index (χ3v) is 1.91. The van der Waals surface area contributed by atoms with Crippen LogP contribution in [0, 0.1) is 0 Å². The van der Waals surface area contributed by atoms with E-state index in [0.29, 0.717) is 24.4 Å². The Morgan fingerprint density at radius 2 is 2.00 bits per heavy atom. The normalized spacial score (nSPS) is 10.1. The standard InChI is InChI=1S/C10H15BO4/c1-3-15-10-5-8(7-14-2)4-9(6-10)11(12)13/h4-6,12-13H,3,7H2,1-2H3. The second-order valence-corrected chi connectivity index (χ2v) is 3.15. The molecule has 1 aromatic rings. The molecule has 0 amide bonds. The van der Waals surface area contributed by atoms with Gasteiger partial charge in [-0.1, -0.05) is 6.07 Å². The summed E-state index contributed by atoms with van der Waals surface area (Å²) in [6.07, 6.45) is 0. The molecule has 1 aromatic carbocycles. The van der Waals surface area contributed by atoms with E-state index in [1.807, 2.05) is 13.0 Å². The molecule has 15 heavy (non-hydrogen) atoms. The maximum Gasteiger partial charge on any atom is 0.488 e. The molecule has 0 atom stereocenters. The van der Waals surface area contributed by atoms with E-state index in [0.717, 1.165) is 5.56 Å². The number of rotatable bonds is 5. The number of hydrogen-bond acceptors (Lipinski definition) is 4. The fourth-order valence-corrected chi connectivity index (χ4v) is 1.34. The van der Waals surface area contributed by atoms with Gasteiger partial charge >= 0.3 is 7.12 Å². The lowest BCUT2D eigenvalue weighted by atomic mass is 9.79. The highest BCUT2D eigenvalue weighted by Gasteiger charge is 2.13. The Kier molecular flexibility index (Phi) is 4.61. The summed E-state index contributed by atoms with van der Waals surface area (Å²) in [7, 11) is 0.101. The zero-order chi connectivity index (χ0) is 11.3. The molecule has 0 spiro atoms. The Balaban J connectivity index is 2.97. The summed E-state index contributed by atoms with van der Waals surface area (Å²) in [5.41, 5.74) is 1.26. The molecular formula is C10H15BO4. The zero-order valence-corrected chi connectivity index (χ0v) is 8.93. The molecule has 0 aliphatic heterocycles. The van der Waals surface area contributed by atoms with E-state index in [4.69, 9.17) is 19.5 Å². The largest absolute Gasteiger partial charge is 0.494 e. The molecule has 0 aliphatic rings. The average Bonchev–Trinajstić information content (AvgIpc) is 2.18. The molecule has 82 valence electrons.